The number of allylic oxidation sites excluding steroid dienone is 2. The van der Waals surface area contributed by atoms with Crippen LogP contribution in [0.5, 0.6) is 0 Å². The first-order valence-electron chi connectivity index (χ1n) is 10.0. The fourth-order valence-corrected chi connectivity index (χ4v) is 3.04. The quantitative estimate of drug-likeness (QED) is 0.312. The molecule has 0 saturated heterocycles. The van der Waals surface area contributed by atoms with Gasteiger partial charge in [0.25, 0.3) is 0 Å². The average molecular weight is 352 g/mol. The lowest BCUT2D eigenvalue weighted by Gasteiger charge is -2.11. The van der Waals surface area contributed by atoms with Crippen LogP contribution in [0.2, 0.25) is 0 Å². The monoisotopic (exact) mass is 351 g/mol. The SMILES string of the molecule is C=CCc1ccc2cc(/C=C/CCCC(C)OCCCCC)ncc2c1. The number of fused-ring (bicyclic) bond motifs is 1. The molecule has 0 saturated carbocycles. The Bertz CT molecular complexity index is 704. The standard InChI is InChI=1S/C24H33NO/c1-4-6-10-16-26-20(3)12-8-7-9-13-24-18-22-15-14-21(11-5-2)17-23(22)19-25-24/h5,9,13-15,17-20H,2,4,6-8,10-12,16H2,1,3H3/b13-9+. The second-order valence-corrected chi connectivity index (χ2v) is 7.01. The highest BCUT2D eigenvalue weighted by molar-refractivity contribution is 5.83. The van der Waals surface area contributed by atoms with Crippen LogP contribution in [0.3, 0.4) is 0 Å². The molecular weight excluding hydrogens is 318 g/mol. The summed E-state index contributed by atoms with van der Waals surface area (Å²) < 4.78 is 5.84. The van der Waals surface area contributed by atoms with Crippen molar-refractivity contribution in [3.8, 4) is 0 Å². The van der Waals surface area contributed by atoms with Crippen molar-refractivity contribution in [3.05, 3.63) is 60.5 Å². The van der Waals surface area contributed by atoms with Crippen molar-refractivity contribution in [3.63, 3.8) is 0 Å². The minimum atomic E-state index is 0.365. The van der Waals surface area contributed by atoms with Gasteiger partial charge in [-0.1, -0.05) is 44.1 Å². The van der Waals surface area contributed by atoms with Gasteiger partial charge in [0, 0.05) is 18.2 Å². The number of unbranched alkanes of at least 4 members (excludes halogenated alkanes) is 3. The van der Waals surface area contributed by atoms with Gasteiger partial charge in [-0.3, -0.25) is 4.98 Å². The Kier molecular flexibility index (Phi) is 9.13. The molecule has 2 rings (SSSR count). The van der Waals surface area contributed by atoms with E-state index in [1.54, 1.807) is 0 Å². The summed E-state index contributed by atoms with van der Waals surface area (Å²) in [5.41, 5.74) is 2.31. The molecule has 0 amide bonds. The first kappa shape index (κ1) is 20.4. The van der Waals surface area contributed by atoms with E-state index >= 15 is 0 Å². The van der Waals surface area contributed by atoms with Crippen LogP contribution in [0.25, 0.3) is 16.8 Å². The molecule has 0 radical (unpaired) electrons. The molecule has 2 nitrogen and oxygen atoms in total. The maximum absolute atomic E-state index is 5.84. The first-order chi connectivity index (χ1) is 12.7. The number of rotatable bonds is 12. The number of ether oxygens (including phenoxy) is 1. The molecular formula is C24H33NO. The summed E-state index contributed by atoms with van der Waals surface area (Å²) in [7, 11) is 0. The highest BCUT2D eigenvalue weighted by Crippen LogP contribution is 2.18. The minimum Gasteiger partial charge on any atom is -0.379 e. The average Bonchev–Trinajstić information content (AvgIpc) is 2.65. The Hall–Kier alpha value is -1.93. The third-order valence-electron chi connectivity index (χ3n) is 4.61. The second-order valence-electron chi connectivity index (χ2n) is 7.01. The summed E-state index contributed by atoms with van der Waals surface area (Å²) in [6.07, 6.45) is 16.6. The molecule has 2 heteroatoms. The predicted molar refractivity (Wildman–Crippen MR) is 113 cm³/mol. The number of benzene rings is 1. The van der Waals surface area contributed by atoms with E-state index in [0.29, 0.717) is 6.10 Å². The fourth-order valence-electron chi connectivity index (χ4n) is 3.04. The summed E-state index contributed by atoms with van der Waals surface area (Å²) in [5.74, 6) is 0. The van der Waals surface area contributed by atoms with Crippen molar-refractivity contribution < 1.29 is 4.74 Å². The Morgan fingerprint density at radius 1 is 1.15 bits per heavy atom. The molecule has 0 aliphatic heterocycles. The summed E-state index contributed by atoms with van der Waals surface area (Å²) >= 11 is 0. The van der Waals surface area contributed by atoms with Crippen LogP contribution in [-0.4, -0.2) is 17.7 Å². The smallest absolute Gasteiger partial charge is 0.0632 e. The van der Waals surface area contributed by atoms with Crippen LogP contribution in [0.1, 0.15) is 63.6 Å². The fraction of sp³-hybridized carbons (Fsp3) is 0.458. The van der Waals surface area contributed by atoms with Gasteiger partial charge in [0.1, 0.15) is 0 Å². The van der Waals surface area contributed by atoms with Gasteiger partial charge in [-0.25, -0.2) is 0 Å². The summed E-state index contributed by atoms with van der Waals surface area (Å²) in [4.78, 5) is 4.56. The van der Waals surface area contributed by atoms with Gasteiger partial charge in [-0.15, -0.1) is 6.58 Å². The Morgan fingerprint density at radius 2 is 2.04 bits per heavy atom. The molecule has 0 fully saturated rings. The second kappa shape index (κ2) is 11.6. The molecule has 1 heterocycles. The van der Waals surface area contributed by atoms with Crippen molar-refractivity contribution >= 4 is 16.8 Å². The number of hydrogen-bond acceptors (Lipinski definition) is 2. The molecule has 1 unspecified atom stereocenters. The van der Waals surface area contributed by atoms with E-state index in [1.807, 2.05) is 12.3 Å². The molecule has 1 aromatic carbocycles. The largest absolute Gasteiger partial charge is 0.379 e. The van der Waals surface area contributed by atoms with Gasteiger partial charge in [0.2, 0.25) is 0 Å². The molecule has 26 heavy (non-hydrogen) atoms. The van der Waals surface area contributed by atoms with Crippen LogP contribution in [-0.2, 0) is 11.2 Å². The van der Waals surface area contributed by atoms with Gasteiger partial charge in [0.05, 0.1) is 11.8 Å². The van der Waals surface area contributed by atoms with Crippen molar-refractivity contribution in [2.75, 3.05) is 6.61 Å². The van der Waals surface area contributed by atoms with Gasteiger partial charge in [0.15, 0.2) is 0 Å². The third-order valence-corrected chi connectivity index (χ3v) is 4.61. The van der Waals surface area contributed by atoms with Crippen molar-refractivity contribution in [2.45, 2.75) is 64.9 Å². The molecule has 1 atom stereocenters. The summed E-state index contributed by atoms with van der Waals surface area (Å²) in [6, 6.07) is 8.69. The van der Waals surface area contributed by atoms with Crippen LogP contribution < -0.4 is 0 Å². The molecule has 1 aromatic heterocycles. The molecule has 0 aliphatic rings. The van der Waals surface area contributed by atoms with E-state index in [1.165, 1.54) is 35.6 Å². The normalized spacial score (nSPS) is 12.7. The Balaban J connectivity index is 1.75. The van der Waals surface area contributed by atoms with Crippen LogP contribution >= 0.6 is 0 Å². The van der Waals surface area contributed by atoms with Gasteiger partial charge in [-0.2, -0.15) is 0 Å². The molecule has 0 N–H and O–H groups in total. The number of pyridine rings is 1. The minimum absolute atomic E-state index is 0.365. The number of hydrogen-bond donors (Lipinski definition) is 0. The highest BCUT2D eigenvalue weighted by atomic mass is 16.5. The Labute approximate surface area is 159 Å². The maximum atomic E-state index is 5.84. The summed E-state index contributed by atoms with van der Waals surface area (Å²) in [5, 5.41) is 2.43. The lowest BCUT2D eigenvalue weighted by atomic mass is 10.1. The van der Waals surface area contributed by atoms with E-state index in [9.17, 15) is 0 Å². The zero-order valence-corrected chi connectivity index (χ0v) is 16.4. The van der Waals surface area contributed by atoms with Crippen LogP contribution in [0.4, 0.5) is 0 Å². The highest BCUT2D eigenvalue weighted by Gasteiger charge is 2.01. The molecule has 2 aromatic rings. The lowest BCUT2D eigenvalue weighted by molar-refractivity contribution is 0.0566. The topological polar surface area (TPSA) is 22.1 Å². The number of aromatic nitrogens is 1. The molecule has 140 valence electrons. The molecule has 0 spiro atoms. The Morgan fingerprint density at radius 3 is 2.85 bits per heavy atom. The van der Waals surface area contributed by atoms with E-state index in [4.69, 9.17) is 4.74 Å². The lowest BCUT2D eigenvalue weighted by Crippen LogP contribution is -2.08. The van der Waals surface area contributed by atoms with Crippen molar-refractivity contribution in [1.29, 1.82) is 0 Å². The van der Waals surface area contributed by atoms with E-state index in [0.717, 1.165) is 38.0 Å². The molecule has 0 bridgehead atoms. The van der Waals surface area contributed by atoms with Gasteiger partial charge < -0.3 is 4.74 Å². The van der Waals surface area contributed by atoms with Crippen LogP contribution in [0.15, 0.2) is 49.2 Å². The van der Waals surface area contributed by atoms with Gasteiger partial charge in [-0.05, 0) is 68.2 Å². The van der Waals surface area contributed by atoms with Crippen molar-refractivity contribution in [1.82, 2.24) is 4.98 Å². The van der Waals surface area contributed by atoms with Gasteiger partial charge >= 0.3 is 0 Å². The van der Waals surface area contributed by atoms with Crippen LogP contribution in [0, 0.1) is 0 Å². The predicted octanol–water partition coefficient (Wildman–Crippen LogP) is 6.74. The zero-order valence-electron chi connectivity index (χ0n) is 16.4. The van der Waals surface area contributed by atoms with E-state index in [2.05, 4.69) is 61.8 Å². The maximum Gasteiger partial charge on any atom is 0.0632 e. The van der Waals surface area contributed by atoms with E-state index < -0.39 is 0 Å². The summed E-state index contributed by atoms with van der Waals surface area (Å²) in [6.45, 7) is 9.11. The third kappa shape index (κ3) is 7.13. The van der Waals surface area contributed by atoms with E-state index in [-0.39, 0.29) is 0 Å². The first-order valence-corrected chi connectivity index (χ1v) is 10.0. The zero-order chi connectivity index (χ0) is 18.6. The number of nitrogens with zero attached hydrogens (tertiary/aromatic N) is 1. The molecule has 0 aliphatic carbocycles. The van der Waals surface area contributed by atoms with Crippen molar-refractivity contribution in [2.24, 2.45) is 0 Å².